The predicted octanol–water partition coefficient (Wildman–Crippen LogP) is 4.16. The van der Waals surface area contributed by atoms with Crippen molar-refractivity contribution >= 4 is 5.57 Å². The van der Waals surface area contributed by atoms with Crippen LogP contribution in [-0.4, -0.2) is 42.9 Å². The molecule has 2 saturated heterocycles. The molecule has 2 aliphatic rings. The molecule has 4 heterocycles. The van der Waals surface area contributed by atoms with Gasteiger partial charge in [-0.05, 0) is 42.9 Å². The summed E-state index contributed by atoms with van der Waals surface area (Å²) in [5.74, 6) is 0.415. The van der Waals surface area contributed by atoms with Crippen LogP contribution in [0.5, 0.6) is 5.75 Å². The van der Waals surface area contributed by atoms with Gasteiger partial charge in [-0.25, -0.2) is 9.37 Å². The molecular weight excluding hydrogens is 393 g/mol. The van der Waals surface area contributed by atoms with Gasteiger partial charge in [0.05, 0.1) is 35.8 Å². The number of hydrogen-bond donors (Lipinski definition) is 2. The number of fused-ring (bicyclic) bond motifs is 2. The molecule has 7 heteroatoms. The number of rotatable bonds is 4. The summed E-state index contributed by atoms with van der Waals surface area (Å²) >= 11 is 0. The fraction of sp³-hybridized carbons (Fsp3) is 0.375. The van der Waals surface area contributed by atoms with E-state index >= 15 is 4.39 Å². The zero-order chi connectivity index (χ0) is 21.5. The molecule has 0 saturated carbocycles. The van der Waals surface area contributed by atoms with Crippen molar-refractivity contribution in [1.29, 1.82) is 0 Å². The molecule has 5 atom stereocenters. The van der Waals surface area contributed by atoms with Gasteiger partial charge in [-0.3, -0.25) is 9.97 Å². The maximum Gasteiger partial charge on any atom is 0.127 e. The first-order valence-electron chi connectivity index (χ1n) is 10.7. The summed E-state index contributed by atoms with van der Waals surface area (Å²) in [5, 5.41) is 13.9. The molecular formula is C24H26FN5O. The first kappa shape index (κ1) is 19.9. The van der Waals surface area contributed by atoms with E-state index < -0.39 is 6.17 Å². The summed E-state index contributed by atoms with van der Waals surface area (Å²) in [5.41, 5.74) is 3.26. The lowest BCUT2D eigenvalue weighted by Crippen LogP contribution is -2.57. The number of alkyl halides is 1. The molecule has 0 spiro atoms. The van der Waals surface area contributed by atoms with Crippen molar-refractivity contribution in [3.05, 3.63) is 61.6 Å². The Labute approximate surface area is 180 Å². The monoisotopic (exact) mass is 419 g/mol. The third kappa shape index (κ3) is 3.74. The Morgan fingerprint density at radius 1 is 1.23 bits per heavy atom. The first-order chi connectivity index (χ1) is 15.0. The highest BCUT2D eigenvalue weighted by Gasteiger charge is 2.43. The minimum Gasteiger partial charge on any atom is -0.507 e. The smallest absolute Gasteiger partial charge is 0.127 e. The predicted molar refractivity (Wildman–Crippen MR) is 117 cm³/mol. The van der Waals surface area contributed by atoms with Crippen LogP contribution in [0.25, 0.3) is 22.5 Å². The van der Waals surface area contributed by atoms with E-state index in [2.05, 4.69) is 33.8 Å². The van der Waals surface area contributed by atoms with Crippen LogP contribution in [0.1, 0.15) is 31.9 Å². The molecule has 160 valence electrons. The van der Waals surface area contributed by atoms with Crippen LogP contribution in [0.3, 0.4) is 0 Å². The van der Waals surface area contributed by atoms with Crippen molar-refractivity contribution in [3.8, 4) is 22.7 Å². The molecule has 31 heavy (non-hydrogen) atoms. The van der Waals surface area contributed by atoms with Crippen LogP contribution in [0.15, 0.2) is 55.9 Å². The van der Waals surface area contributed by atoms with Crippen LogP contribution in [0.2, 0.25) is 0 Å². The SMILES string of the molecule is C=C(c1cnc(-c2ccc(-n3ccnc3)cc2O)cn1)[C@H]1C[C@@H]2C[C@@H](C)C[C@@H](N2)[C@@H]1F. The molecule has 2 aromatic heterocycles. The summed E-state index contributed by atoms with van der Waals surface area (Å²) in [6.45, 7) is 6.38. The molecule has 1 aromatic carbocycles. The van der Waals surface area contributed by atoms with E-state index in [1.807, 2.05) is 16.8 Å². The third-order valence-electron chi connectivity index (χ3n) is 6.59. The van der Waals surface area contributed by atoms with E-state index in [4.69, 9.17) is 0 Å². The average molecular weight is 420 g/mol. The van der Waals surface area contributed by atoms with Gasteiger partial charge in [0.1, 0.15) is 11.9 Å². The van der Waals surface area contributed by atoms with Gasteiger partial charge in [0.2, 0.25) is 0 Å². The zero-order valence-corrected chi connectivity index (χ0v) is 17.4. The topological polar surface area (TPSA) is 75.9 Å². The van der Waals surface area contributed by atoms with Crippen LogP contribution in [-0.2, 0) is 0 Å². The number of allylic oxidation sites excluding steroid dienone is 1. The average Bonchev–Trinajstić information content (AvgIpc) is 3.31. The molecule has 2 N–H and O–H groups in total. The van der Waals surface area contributed by atoms with E-state index in [1.165, 1.54) is 0 Å². The molecule has 0 unspecified atom stereocenters. The highest BCUT2D eigenvalue weighted by Crippen LogP contribution is 2.40. The van der Waals surface area contributed by atoms with E-state index in [-0.39, 0.29) is 17.7 Å². The number of imidazole rings is 1. The fourth-order valence-electron chi connectivity index (χ4n) is 5.02. The number of benzene rings is 1. The van der Waals surface area contributed by atoms with Crippen LogP contribution in [0, 0.1) is 11.8 Å². The summed E-state index contributed by atoms with van der Waals surface area (Å²) < 4.78 is 17.0. The lowest BCUT2D eigenvalue weighted by Gasteiger charge is -2.45. The van der Waals surface area contributed by atoms with Gasteiger partial charge in [0.25, 0.3) is 0 Å². The number of hydrogen-bond acceptors (Lipinski definition) is 5. The first-order valence-corrected chi connectivity index (χ1v) is 10.7. The fourth-order valence-corrected chi connectivity index (χ4v) is 5.02. The van der Waals surface area contributed by atoms with E-state index in [0.717, 1.165) is 24.9 Å². The highest BCUT2D eigenvalue weighted by molar-refractivity contribution is 5.69. The van der Waals surface area contributed by atoms with Gasteiger partial charge in [-0.1, -0.05) is 13.5 Å². The Morgan fingerprint density at radius 3 is 2.81 bits per heavy atom. The minimum absolute atomic E-state index is 0.108. The molecule has 0 radical (unpaired) electrons. The van der Waals surface area contributed by atoms with Gasteiger partial charge >= 0.3 is 0 Å². The van der Waals surface area contributed by atoms with E-state index in [9.17, 15) is 5.11 Å². The quantitative estimate of drug-likeness (QED) is 0.664. The number of nitrogens with one attached hydrogen (secondary N) is 1. The number of nitrogens with zero attached hydrogens (tertiary/aromatic N) is 4. The lowest BCUT2D eigenvalue weighted by molar-refractivity contribution is 0.0773. The van der Waals surface area contributed by atoms with Gasteiger partial charge in [-0.15, -0.1) is 0 Å². The minimum atomic E-state index is -0.965. The number of aromatic hydroxyl groups is 1. The highest BCUT2D eigenvalue weighted by atomic mass is 19.1. The van der Waals surface area contributed by atoms with Crippen molar-refractivity contribution in [2.24, 2.45) is 11.8 Å². The van der Waals surface area contributed by atoms with Crippen molar-refractivity contribution in [2.45, 2.75) is 44.4 Å². The van der Waals surface area contributed by atoms with Crippen LogP contribution < -0.4 is 5.32 Å². The Morgan fingerprint density at radius 2 is 2.10 bits per heavy atom. The molecule has 5 rings (SSSR count). The summed E-state index contributed by atoms with van der Waals surface area (Å²) in [4.78, 5) is 13.0. The zero-order valence-electron chi connectivity index (χ0n) is 17.4. The van der Waals surface area contributed by atoms with Crippen molar-refractivity contribution < 1.29 is 9.50 Å². The third-order valence-corrected chi connectivity index (χ3v) is 6.59. The number of phenolic OH excluding ortho intramolecular Hbond substituents is 1. The molecule has 6 nitrogen and oxygen atoms in total. The van der Waals surface area contributed by atoms with Crippen molar-refractivity contribution in [2.75, 3.05) is 0 Å². The van der Waals surface area contributed by atoms with Crippen LogP contribution in [0.4, 0.5) is 4.39 Å². The molecule has 2 fully saturated rings. The molecule has 2 bridgehead atoms. The van der Waals surface area contributed by atoms with Gasteiger partial charge in [-0.2, -0.15) is 0 Å². The standard InChI is InChI=1S/C24H26FN5O/c1-14-7-16-9-19(24(25)20(8-14)29-16)15(2)21-11-28-22(12-27-21)18-4-3-17(10-23(18)31)30-6-5-26-13-30/h3-6,10-14,16,19-20,24,29,31H,2,7-9H2,1H3/t14-,16+,19-,20-,24-/m1/s1. The maximum atomic E-state index is 15.2. The van der Waals surface area contributed by atoms with Gasteiger partial charge in [0.15, 0.2) is 0 Å². The number of aromatic nitrogens is 4. The van der Waals surface area contributed by atoms with Gasteiger partial charge in [0, 0.05) is 42.0 Å². The summed E-state index contributed by atoms with van der Waals surface area (Å²) in [6.07, 6.45) is 10.1. The second-order valence-corrected chi connectivity index (χ2v) is 8.82. The Hall–Kier alpha value is -3.06. The van der Waals surface area contributed by atoms with Gasteiger partial charge < -0.3 is 15.0 Å². The number of piperidine rings is 2. The summed E-state index contributed by atoms with van der Waals surface area (Å²) in [6, 6.07) is 5.57. The largest absolute Gasteiger partial charge is 0.507 e. The molecule has 0 amide bonds. The Balaban J connectivity index is 1.35. The molecule has 2 aliphatic heterocycles. The Bertz CT molecular complexity index is 1080. The molecule has 3 aromatic rings. The maximum absolute atomic E-state index is 15.2. The van der Waals surface area contributed by atoms with Crippen LogP contribution >= 0.6 is 0 Å². The Kier molecular flexibility index (Phi) is 5.06. The second-order valence-electron chi connectivity index (χ2n) is 8.82. The number of halogens is 1. The van der Waals surface area contributed by atoms with Crippen molar-refractivity contribution in [1.82, 2.24) is 24.8 Å². The summed E-state index contributed by atoms with van der Waals surface area (Å²) in [7, 11) is 0. The second kappa shape index (κ2) is 7.89. The van der Waals surface area contributed by atoms with E-state index in [1.54, 1.807) is 37.1 Å². The lowest BCUT2D eigenvalue weighted by atomic mass is 9.72. The molecule has 0 aliphatic carbocycles. The van der Waals surface area contributed by atoms with Crippen molar-refractivity contribution in [3.63, 3.8) is 0 Å². The normalized spacial score (nSPS) is 27.7. The number of phenols is 1. The van der Waals surface area contributed by atoms with E-state index in [0.29, 0.717) is 34.5 Å².